The minimum atomic E-state index is 0.460. The summed E-state index contributed by atoms with van der Waals surface area (Å²) in [6.07, 6.45) is 0. The molecule has 0 unspecified atom stereocenters. The minimum absolute atomic E-state index is 0.460. The van der Waals surface area contributed by atoms with Crippen LogP contribution < -0.4 is 5.32 Å². The van der Waals surface area contributed by atoms with Crippen LogP contribution in [0, 0.1) is 6.92 Å². The second kappa shape index (κ2) is 5.90. The van der Waals surface area contributed by atoms with Crippen LogP contribution >= 0.6 is 11.6 Å². The van der Waals surface area contributed by atoms with E-state index in [0.717, 1.165) is 22.3 Å². The smallest absolute Gasteiger partial charge is 0.247 e. The molecule has 0 spiro atoms. The van der Waals surface area contributed by atoms with E-state index < -0.39 is 0 Å². The van der Waals surface area contributed by atoms with E-state index >= 15 is 0 Å². The summed E-state index contributed by atoms with van der Waals surface area (Å²) in [5.74, 6) is 2.37. The Morgan fingerprint density at radius 2 is 1.75 bits per heavy atom. The molecule has 4 rings (SSSR count). The van der Waals surface area contributed by atoms with Gasteiger partial charge in [-0.2, -0.15) is 4.98 Å². The van der Waals surface area contributed by atoms with Gasteiger partial charge in [0.15, 0.2) is 5.82 Å². The Balaban J connectivity index is 1.89. The average molecular weight is 337 g/mol. The van der Waals surface area contributed by atoms with Crippen LogP contribution in [0.25, 0.3) is 22.3 Å². The standard InChI is InChI=1S/C17H13ClN6/c1-10-19-17(24-23-10)22-16-12-7-3-5-9-14(12)20-15(21-16)11-6-2-4-8-13(11)18/h2-9H,1H3,(H2,19,20,21,22,23,24). The number of nitrogens with zero attached hydrogens (tertiary/aromatic N) is 4. The van der Waals surface area contributed by atoms with Crippen molar-refractivity contribution in [1.82, 2.24) is 25.1 Å². The van der Waals surface area contributed by atoms with Crippen molar-refractivity contribution in [2.45, 2.75) is 6.92 Å². The number of nitrogens with one attached hydrogen (secondary N) is 2. The molecule has 0 saturated carbocycles. The molecule has 0 aliphatic carbocycles. The molecule has 0 amide bonds. The molecule has 2 N–H and O–H groups in total. The van der Waals surface area contributed by atoms with Crippen molar-refractivity contribution in [2.75, 3.05) is 5.32 Å². The third-order valence-corrected chi connectivity index (χ3v) is 3.87. The van der Waals surface area contributed by atoms with E-state index in [-0.39, 0.29) is 0 Å². The summed E-state index contributed by atoms with van der Waals surface area (Å²) in [6.45, 7) is 1.84. The summed E-state index contributed by atoms with van der Waals surface area (Å²) >= 11 is 6.30. The molecule has 7 heteroatoms. The molecule has 2 aromatic carbocycles. The summed E-state index contributed by atoms with van der Waals surface area (Å²) in [4.78, 5) is 13.5. The summed E-state index contributed by atoms with van der Waals surface area (Å²) in [5, 5.41) is 11.5. The number of aryl methyl sites for hydroxylation is 1. The highest BCUT2D eigenvalue weighted by Crippen LogP contribution is 2.29. The molecule has 4 aromatic rings. The largest absolute Gasteiger partial charge is 0.307 e. The van der Waals surface area contributed by atoms with Gasteiger partial charge in [0.05, 0.1) is 10.5 Å². The first-order valence-electron chi connectivity index (χ1n) is 7.38. The molecule has 0 aliphatic heterocycles. The van der Waals surface area contributed by atoms with Gasteiger partial charge in [-0.25, -0.2) is 9.97 Å². The highest BCUT2D eigenvalue weighted by atomic mass is 35.5. The topological polar surface area (TPSA) is 79.4 Å². The van der Waals surface area contributed by atoms with Crippen molar-refractivity contribution < 1.29 is 0 Å². The van der Waals surface area contributed by atoms with Crippen LogP contribution in [-0.2, 0) is 0 Å². The van der Waals surface area contributed by atoms with E-state index in [2.05, 4.69) is 30.5 Å². The summed E-state index contributed by atoms with van der Waals surface area (Å²) in [5.41, 5.74) is 1.59. The molecule has 0 aliphatic rings. The van der Waals surface area contributed by atoms with E-state index in [9.17, 15) is 0 Å². The number of anilines is 2. The molecular weight excluding hydrogens is 324 g/mol. The quantitative estimate of drug-likeness (QED) is 0.588. The number of para-hydroxylation sites is 1. The summed E-state index contributed by atoms with van der Waals surface area (Å²) in [7, 11) is 0. The van der Waals surface area contributed by atoms with E-state index in [1.165, 1.54) is 0 Å². The number of rotatable bonds is 3. The molecule has 0 atom stereocenters. The normalized spacial score (nSPS) is 10.9. The summed E-state index contributed by atoms with van der Waals surface area (Å²) in [6, 6.07) is 15.3. The van der Waals surface area contributed by atoms with Gasteiger partial charge in [0, 0.05) is 10.9 Å². The molecule has 0 bridgehead atoms. The maximum atomic E-state index is 6.30. The number of hydrogen-bond donors (Lipinski definition) is 2. The highest BCUT2D eigenvalue weighted by Gasteiger charge is 2.12. The Bertz CT molecular complexity index is 1030. The Labute approximate surface area is 143 Å². The minimum Gasteiger partial charge on any atom is -0.307 e. The van der Waals surface area contributed by atoms with Gasteiger partial charge in [-0.15, -0.1) is 5.10 Å². The number of hydrogen-bond acceptors (Lipinski definition) is 5. The first-order chi connectivity index (χ1) is 11.7. The molecule has 0 radical (unpaired) electrons. The number of aromatic amines is 1. The monoisotopic (exact) mass is 336 g/mol. The van der Waals surface area contributed by atoms with Gasteiger partial charge in [0.1, 0.15) is 11.6 Å². The molecule has 2 heterocycles. The lowest BCUT2D eigenvalue weighted by Crippen LogP contribution is -2.00. The molecule has 0 saturated heterocycles. The first-order valence-corrected chi connectivity index (χ1v) is 7.76. The highest BCUT2D eigenvalue weighted by molar-refractivity contribution is 6.33. The van der Waals surface area contributed by atoms with Crippen LogP contribution in [0.4, 0.5) is 11.8 Å². The predicted octanol–water partition coefficient (Wildman–Crippen LogP) is 4.12. The van der Waals surface area contributed by atoms with E-state index in [4.69, 9.17) is 11.6 Å². The molecule has 24 heavy (non-hydrogen) atoms. The number of H-pyrrole nitrogens is 1. The first kappa shape index (κ1) is 14.6. The number of halogens is 1. The van der Waals surface area contributed by atoms with Crippen molar-refractivity contribution in [3.63, 3.8) is 0 Å². The van der Waals surface area contributed by atoms with Gasteiger partial charge in [0.2, 0.25) is 5.95 Å². The zero-order valence-corrected chi connectivity index (χ0v) is 13.5. The lowest BCUT2D eigenvalue weighted by molar-refractivity contribution is 1.04. The van der Waals surface area contributed by atoms with Gasteiger partial charge < -0.3 is 5.32 Å². The van der Waals surface area contributed by atoms with Crippen LogP contribution in [0.3, 0.4) is 0 Å². The van der Waals surface area contributed by atoms with E-state index in [1.54, 1.807) is 0 Å². The average Bonchev–Trinajstić information content (AvgIpc) is 3.00. The van der Waals surface area contributed by atoms with E-state index in [1.807, 2.05) is 55.5 Å². The molecule has 6 nitrogen and oxygen atoms in total. The van der Waals surface area contributed by atoms with Crippen LogP contribution in [0.5, 0.6) is 0 Å². The van der Waals surface area contributed by atoms with Gasteiger partial charge in [-0.3, -0.25) is 5.10 Å². The zero-order valence-electron chi connectivity index (χ0n) is 12.8. The second-order valence-electron chi connectivity index (χ2n) is 5.26. The fraction of sp³-hybridized carbons (Fsp3) is 0.0588. The van der Waals surface area contributed by atoms with Gasteiger partial charge in [-0.05, 0) is 31.2 Å². The zero-order chi connectivity index (χ0) is 16.5. The van der Waals surface area contributed by atoms with Crippen molar-refractivity contribution in [3.05, 3.63) is 59.4 Å². The maximum absolute atomic E-state index is 6.30. The summed E-state index contributed by atoms with van der Waals surface area (Å²) < 4.78 is 0. The van der Waals surface area contributed by atoms with Crippen LogP contribution in [-0.4, -0.2) is 25.1 Å². The fourth-order valence-electron chi connectivity index (χ4n) is 2.44. The lowest BCUT2D eigenvalue weighted by atomic mass is 10.2. The third kappa shape index (κ3) is 2.68. The van der Waals surface area contributed by atoms with Crippen LogP contribution in [0.1, 0.15) is 5.82 Å². The fourth-order valence-corrected chi connectivity index (χ4v) is 2.66. The molecule has 118 valence electrons. The molecule has 0 fully saturated rings. The Morgan fingerprint density at radius 3 is 2.54 bits per heavy atom. The Hall–Kier alpha value is -2.99. The predicted molar refractivity (Wildman–Crippen MR) is 94.4 cm³/mol. The number of benzene rings is 2. The van der Waals surface area contributed by atoms with Gasteiger partial charge >= 0.3 is 0 Å². The van der Waals surface area contributed by atoms with Gasteiger partial charge in [0.25, 0.3) is 0 Å². The van der Waals surface area contributed by atoms with Gasteiger partial charge in [-0.1, -0.05) is 35.9 Å². The third-order valence-electron chi connectivity index (χ3n) is 3.55. The SMILES string of the molecule is Cc1nc(Nc2nc(-c3ccccc3Cl)nc3ccccc23)n[nH]1. The molecular formula is C17H13ClN6. The van der Waals surface area contributed by atoms with Crippen LogP contribution in [0.2, 0.25) is 5.02 Å². The number of fused-ring (bicyclic) bond motifs is 1. The van der Waals surface area contributed by atoms with Crippen molar-refractivity contribution in [2.24, 2.45) is 0 Å². The maximum Gasteiger partial charge on any atom is 0.247 e. The van der Waals surface area contributed by atoms with Crippen molar-refractivity contribution in [3.8, 4) is 11.4 Å². The van der Waals surface area contributed by atoms with E-state index in [0.29, 0.717) is 22.6 Å². The van der Waals surface area contributed by atoms with Crippen LogP contribution in [0.15, 0.2) is 48.5 Å². The van der Waals surface area contributed by atoms with Crippen molar-refractivity contribution >= 4 is 34.3 Å². The molecule has 2 aromatic heterocycles. The second-order valence-corrected chi connectivity index (χ2v) is 5.67. The number of aromatic nitrogens is 5. The Kier molecular flexibility index (Phi) is 3.59. The Morgan fingerprint density at radius 1 is 0.958 bits per heavy atom. The lowest BCUT2D eigenvalue weighted by Gasteiger charge is -2.09. The van der Waals surface area contributed by atoms with Crippen molar-refractivity contribution in [1.29, 1.82) is 0 Å².